The maximum Gasteiger partial charge on any atom is 0.259 e. The molecular formula is C12H23N3O3S. The van der Waals surface area contributed by atoms with Gasteiger partial charge in [-0.15, -0.1) is 0 Å². The highest BCUT2D eigenvalue weighted by Crippen LogP contribution is 2.14. The Bertz CT molecular complexity index is 520. The van der Waals surface area contributed by atoms with Crippen molar-refractivity contribution in [3.63, 3.8) is 0 Å². The Morgan fingerprint density at radius 2 is 2.11 bits per heavy atom. The monoisotopic (exact) mass is 289 g/mol. The average Bonchev–Trinajstić information content (AvgIpc) is 2.70. The van der Waals surface area contributed by atoms with Crippen LogP contribution in [0.15, 0.2) is 11.2 Å². The van der Waals surface area contributed by atoms with Crippen LogP contribution in [0.5, 0.6) is 0 Å². The first-order valence-electron chi connectivity index (χ1n) is 6.36. The molecule has 0 saturated carbocycles. The number of aliphatic hydroxyl groups is 1. The molecule has 0 spiro atoms. The van der Waals surface area contributed by atoms with Crippen LogP contribution in [0.1, 0.15) is 33.0 Å². The Labute approximate surface area is 114 Å². The van der Waals surface area contributed by atoms with E-state index in [0.29, 0.717) is 5.82 Å². The lowest BCUT2D eigenvalue weighted by Gasteiger charge is -2.21. The van der Waals surface area contributed by atoms with Gasteiger partial charge in [-0.05, 0) is 13.3 Å². The molecule has 0 amide bonds. The van der Waals surface area contributed by atoms with Gasteiger partial charge >= 0.3 is 0 Å². The van der Waals surface area contributed by atoms with Crippen molar-refractivity contribution < 1.29 is 13.5 Å². The molecule has 1 aromatic rings. The number of hydrogen-bond acceptors (Lipinski definition) is 4. The summed E-state index contributed by atoms with van der Waals surface area (Å²) in [4.78, 5) is 4.08. The van der Waals surface area contributed by atoms with Crippen molar-refractivity contribution >= 4 is 10.0 Å². The van der Waals surface area contributed by atoms with Crippen molar-refractivity contribution in [2.24, 2.45) is 5.41 Å². The molecule has 1 rings (SSSR count). The zero-order valence-corrected chi connectivity index (χ0v) is 12.8. The van der Waals surface area contributed by atoms with Crippen LogP contribution in [0.25, 0.3) is 0 Å². The second kappa shape index (κ2) is 6.02. The first kappa shape index (κ1) is 16.1. The molecule has 1 aromatic heterocycles. The third-order valence-corrected chi connectivity index (χ3v) is 4.13. The summed E-state index contributed by atoms with van der Waals surface area (Å²) in [6.45, 7) is 8.22. The van der Waals surface area contributed by atoms with E-state index in [1.165, 1.54) is 0 Å². The maximum atomic E-state index is 12.1. The topological polar surface area (TPSA) is 84.2 Å². The molecule has 0 atom stereocenters. The fraction of sp³-hybridized carbons (Fsp3) is 0.750. The molecule has 0 aliphatic rings. The molecule has 0 fully saturated rings. The van der Waals surface area contributed by atoms with E-state index in [1.54, 1.807) is 27.0 Å². The lowest BCUT2D eigenvalue weighted by molar-refractivity contribution is 0.163. The molecule has 110 valence electrons. The average molecular weight is 289 g/mol. The van der Waals surface area contributed by atoms with Crippen LogP contribution in [0, 0.1) is 12.3 Å². The Morgan fingerprint density at radius 1 is 1.47 bits per heavy atom. The third kappa shape index (κ3) is 4.29. The van der Waals surface area contributed by atoms with E-state index in [9.17, 15) is 8.42 Å². The van der Waals surface area contributed by atoms with Crippen LogP contribution in [0.3, 0.4) is 0 Å². The number of nitrogens with one attached hydrogen (secondary N) is 1. The predicted molar refractivity (Wildman–Crippen MR) is 73.3 cm³/mol. The van der Waals surface area contributed by atoms with Crippen molar-refractivity contribution in [1.29, 1.82) is 0 Å². The normalized spacial score (nSPS) is 12.9. The first-order valence-corrected chi connectivity index (χ1v) is 7.84. The zero-order chi connectivity index (χ0) is 14.7. The molecule has 0 aliphatic heterocycles. The summed E-state index contributed by atoms with van der Waals surface area (Å²) in [7, 11) is -3.62. The number of aliphatic hydroxyl groups excluding tert-OH is 1. The van der Waals surface area contributed by atoms with Crippen LogP contribution >= 0.6 is 0 Å². The minimum atomic E-state index is -3.62. The molecule has 7 heteroatoms. The van der Waals surface area contributed by atoms with Gasteiger partial charge in [0.2, 0.25) is 0 Å². The van der Waals surface area contributed by atoms with Crippen molar-refractivity contribution in [3.8, 4) is 0 Å². The van der Waals surface area contributed by atoms with E-state index in [1.807, 2.05) is 11.5 Å². The lowest BCUT2D eigenvalue weighted by Crippen LogP contribution is -2.36. The number of aryl methyl sites for hydroxylation is 2. The van der Waals surface area contributed by atoms with E-state index < -0.39 is 15.4 Å². The van der Waals surface area contributed by atoms with Crippen molar-refractivity contribution in [3.05, 3.63) is 12.0 Å². The van der Waals surface area contributed by atoms with E-state index in [-0.39, 0.29) is 18.2 Å². The fourth-order valence-electron chi connectivity index (χ4n) is 1.50. The molecule has 2 N–H and O–H groups in total. The summed E-state index contributed by atoms with van der Waals surface area (Å²) in [5.74, 6) is 0.684. The van der Waals surface area contributed by atoms with E-state index in [4.69, 9.17) is 5.11 Å². The van der Waals surface area contributed by atoms with Gasteiger partial charge < -0.3 is 9.67 Å². The van der Waals surface area contributed by atoms with Gasteiger partial charge in [-0.2, -0.15) is 0 Å². The van der Waals surface area contributed by atoms with Gasteiger partial charge in [-0.25, -0.2) is 18.1 Å². The zero-order valence-electron chi connectivity index (χ0n) is 12.0. The van der Waals surface area contributed by atoms with E-state index >= 15 is 0 Å². The van der Waals surface area contributed by atoms with Crippen molar-refractivity contribution in [1.82, 2.24) is 14.3 Å². The highest BCUT2D eigenvalue weighted by Gasteiger charge is 2.23. The van der Waals surface area contributed by atoms with Crippen LogP contribution in [-0.4, -0.2) is 36.2 Å². The Morgan fingerprint density at radius 3 is 2.63 bits per heavy atom. The number of nitrogens with zero attached hydrogens (tertiary/aromatic N) is 2. The van der Waals surface area contributed by atoms with Gasteiger partial charge in [0.05, 0.1) is 0 Å². The second-order valence-corrected chi connectivity index (χ2v) is 7.18. The number of hydrogen-bond donors (Lipinski definition) is 2. The Balaban J connectivity index is 2.86. The summed E-state index contributed by atoms with van der Waals surface area (Å²) < 4.78 is 28.5. The Hall–Kier alpha value is -0.920. The number of aromatic nitrogens is 2. The largest absolute Gasteiger partial charge is 0.396 e. The predicted octanol–water partition coefficient (Wildman–Crippen LogP) is 0.898. The number of rotatable bonds is 7. The smallest absolute Gasteiger partial charge is 0.259 e. The molecule has 0 saturated heterocycles. The van der Waals surface area contributed by atoms with E-state index in [2.05, 4.69) is 9.71 Å². The molecule has 6 nitrogen and oxygen atoms in total. The summed E-state index contributed by atoms with van der Waals surface area (Å²) in [5, 5.41) is 9.16. The second-order valence-electron chi connectivity index (χ2n) is 5.47. The van der Waals surface area contributed by atoms with Crippen LogP contribution in [0.2, 0.25) is 0 Å². The number of sulfonamides is 1. The standard InChI is InChI=1S/C12H23N3O3S/c1-5-6-15-7-11(14-10(15)2)19(17,18)13-8-12(3,4)9-16/h7,13,16H,5-6,8-9H2,1-4H3. The van der Waals surface area contributed by atoms with Gasteiger partial charge in [0.1, 0.15) is 5.82 Å². The molecule has 0 bridgehead atoms. The van der Waals surface area contributed by atoms with Crippen LogP contribution in [-0.2, 0) is 16.6 Å². The molecule has 0 aliphatic carbocycles. The fourth-order valence-corrected chi connectivity index (χ4v) is 2.74. The van der Waals surface area contributed by atoms with Gasteiger partial charge in [0.25, 0.3) is 10.0 Å². The molecule has 0 aromatic carbocycles. The van der Waals surface area contributed by atoms with E-state index in [0.717, 1.165) is 13.0 Å². The molecule has 0 radical (unpaired) electrons. The molecule has 1 heterocycles. The van der Waals surface area contributed by atoms with Gasteiger partial charge in [-0.3, -0.25) is 0 Å². The summed E-state index contributed by atoms with van der Waals surface area (Å²) >= 11 is 0. The summed E-state index contributed by atoms with van der Waals surface area (Å²) in [6, 6.07) is 0. The highest BCUT2D eigenvalue weighted by molar-refractivity contribution is 7.89. The SMILES string of the molecule is CCCn1cc(S(=O)(=O)NCC(C)(C)CO)nc1C. The Kier molecular flexibility index (Phi) is 5.11. The van der Waals surface area contributed by atoms with Crippen molar-refractivity contribution in [2.75, 3.05) is 13.2 Å². The minimum absolute atomic E-state index is 0.0344. The molecular weight excluding hydrogens is 266 g/mol. The first-order chi connectivity index (χ1) is 8.72. The molecule has 0 unspecified atom stereocenters. The van der Waals surface area contributed by atoms with Crippen LogP contribution in [0.4, 0.5) is 0 Å². The summed E-state index contributed by atoms with van der Waals surface area (Å²) in [5.41, 5.74) is -0.492. The van der Waals surface area contributed by atoms with Gasteiger partial charge in [0, 0.05) is 31.3 Å². The van der Waals surface area contributed by atoms with Crippen molar-refractivity contribution in [2.45, 2.75) is 45.7 Å². The number of imidazole rings is 1. The van der Waals surface area contributed by atoms with Gasteiger partial charge in [0.15, 0.2) is 5.03 Å². The molecule has 19 heavy (non-hydrogen) atoms. The van der Waals surface area contributed by atoms with Gasteiger partial charge in [-0.1, -0.05) is 20.8 Å². The summed E-state index contributed by atoms with van der Waals surface area (Å²) in [6.07, 6.45) is 2.47. The lowest BCUT2D eigenvalue weighted by atomic mass is 9.96. The third-order valence-electron chi connectivity index (χ3n) is 2.86. The maximum absolute atomic E-state index is 12.1. The quantitative estimate of drug-likeness (QED) is 0.781. The highest BCUT2D eigenvalue weighted by atomic mass is 32.2. The minimum Gasteiger partial charge on any atom is -0.396 e. The van der Waals surface area contributed by atoms with Crippen LogP contribution < -0.4 is 4.72 Å².